The molecule has 0 bridgehead atoms. The van der Waals surface area contributed by atoms with Gasteiger partial charge in [0.2, 0.25) is 0 Å². The lowest BCUT2D eigenvalue weighted by molar-refractivity contribution is 0.217. The second-order valence-electron chi connectivity index (χ2n) is 5.50. The molecule has 0 heterocycles. The molecule has 96 valence electrons. The fourth-order valence-electron chi connectivity index (χ4n) is 1.79. The van der Waals surface area contributed by atoms with Crippen molar-refractivity contribution in [2.75, 3.05) is 40.8 Å². The van der Waals surface area contributed by atoms with Crippen molar-refractivity contribution in [2.24, 2.45) is 0 Å². The summed E-state index contributed by atoms with van der Waals surface area (Å²) in [6, 6.07) is 1.57. The standard InChI is InChI=1S/C13H29N3/c1-12(16(4)11-10-15(2)3)6-5-9-14-13-7-8-13/h12-14H,5-11H2,1-4H3. The number of hydrogen-bond acceptors (Lipinski definition) is 3. The third-order valence-electron chi connectivity index (χ3n) is 3.46. The van der Waals surface area contributed by atoms with E-state index < -0.39 is 0 Å². The highest BCUT2D eigenvalue weighted by molar-refractivity contribution is 4.80. The van der Waals surface area contributed by atoms with Gasteiger partial charge in [-0.25, -0.2) is 0 Å². The number of nitrogens with zero attached hydrogens (tertiary/aromatic N) is 2. The Balaban J connectivity index is 1.96. The lowest BCUT2D eigenvalue weighted by Gasteiger charge is -2.26. The van der Waals surface area contributed by atoms with Crippen molar-refractivity contribution in [3.05, 3.63) is 0 Å². The quantitative estimate of drug-likeness (QED) is 0.601. The van der Waals surface area contributed by atoms with Gasteiger partial charge in [-0.1, -0.05) is 0 Å². The first-order chi connectivity index (χ1) is 7.59. The highest BCUT2D eigenvalue weighted by Crippen LogP contribution is 2.18. The largest absolute Gasteiger partial charge is 0.314 e. The van der Waals surface area contributed by atoms with Crippen molar-refractivity contribution in [3.63, 3.8) is 0 Å². The molecule has 16 heavy (non-hydrogen) atoms. The Kier molecular flexibility index (Phi) is 6.32. The fourth-order valence-corrected chi connectivity index (χ4v) is 1.79. The van der Waals surface area contributed by atoms with Gasteiger partial charge in [0.1, 0.15) is 0 Å². The summed E-state index contributed by atoms with van der Waals surface area (Å²) in [4.78, 5) is 4.72. The molecule has 0 aliphatic heterocycles. The van der Waals surface area contributed by atoms with Gasteiger partial charge in [0.25, 0.3) is 0 Å². The van der Waals surface area contributed by atoms with Crippen LogP contribution in [-0.2, 0) is 0 Å². The summed E-state index contributed by atoms with van der Waals surface area (Å²) in [6.45, 7) is 5.87. The summed E-state index contributed by atoms with van der Waals surface area (Å²) in [5, 5.41) is 3.57. The van der Waals surface area contributed by atoms with E-state index in [9.17, 15) is 0 Å². The lowest BCUT2D eigenvalue weighted by atomic mass is 10.1. The van der Waals surface area contributed by atoms with Crippen LogP contribution in [0.5, 0.6) is 0 Å². The maximum absolute atomic E-state index is 3.57. The smallest absolute Gasteiger partial charge is 0.0109 e. The normalized spacial score (nSPS) is 18.4. The number of likely N-dealkylation sites (N-methyl/N-ethyl adjacent to an activating group) is 2. The summed E-state index contributed by atoms with van der Waals surface area (Å²) < 4.78 is 0. The Labute approximate surface area is 101 Å². The van der Waals surface area contributed by atoms with Crippen LogP contribution in [0.1, 0.15) is 32.6 Å². The van der Waals surface area contributed by atoms with Crippen LogP contribution in [0, 0.1) is 0 Å². The van der Waals surface area contributed by atoms with Crippen molar-refractivity contribution in [3.8, 4) is 0 Å². The molecule has 1 fully saturated rings. The van der Waals surface area contributed by atoms with E-state index in [1.165, 1.54) is 38.8 Å². The van der Waals surface area contributed by atoms with Crippen molar-refractivity contribution in [2.45, 2.75) is 44.7 Å². The summed E-state index contributed by atoms with van der Waals surface area (Å²) in [7, 11) is 6.51. The molecule has 3 nitrogen and oxygen atoms in total. The number of hydrogen-bond donors (Lipinski definition) is 1. The summed E-state index contributed by atoms with van der Waals surface area (Å²) in [5.74, 6) is 0. The van der Waals surface area contributed by atoms with Gasteiger partial charge in [-0.15, -0.1) is 0 Å². The maximum atomic E-state index is 3.57. The van der Waals surface area contributed by atoms with Crippen molar-refractivity contribution in [1.29, 1.82) is 0 Å². The summed E-state index contributed by atoms with van der Waals surface area (Å²) in [5.41, 5.74) is 0. The van der Waals surface area contributed by atoms with E-state index in [0.717, 1.165) is 12.6 Å². The zero-order valence-electron chi connectivity index (χ0n) is 11.5. The molecular formula is C13H29N3. The Morgan fingerprint density at radius 1 is 1.19 bits per heavy atom. The van der Waals surface area contributed by atoms with Crippen LogP contribution in [-0.4, -0.2) is 62.7 Å². The van der Waals surface area contributed by atoms with Gasteiger partial charge in [0, 0.05) is 25.2 Å². The molecule has 1 saturated carbocycles. The molecule has 0 spiro atoms. The third-order valence-corrected chi connectivity index (χ3v) is 3.46. The molecule has 0 amide bonds. The molecule has 1 atom stereocenters. The molecule has 0 aromatic rings. The molecule has 0 aromatic carbocycles. The van der Waals surface area contributed by atoms with Crippen LogP contribution in [0.3, 0.4) is 0 Å². The van der Waals surface area contributed by atoms with Gasteiger partial charge in [-0.2, -0.15) is 0 Å². The molecule has 1 unspecified atom stereocenters. The van der Waals surface area contributed by atoms with E-state index >= 15 is 0 Å². The first kappa shape index (κ1) is 13.9. The maximum Gasteiger partial charge on any atom is 0.0109 e. The van der Waals surface area contributed by atoms with Crippen LogP contribution >= 0.6 is 0 Å². The van der Waals surface area contributed by atoms with Gasteiger partial charge >= 0.3 is 0 Å². The van der Waals surface area contributed by atoms with Gasteiger partial charge < -0.3 is 15.1 Å². The van der Waals surface area contributed by atoms with E-state index in [0.29, 0.717) is 6.04 Å². The molecule has 1 aliphatic rings. The third kappa shape index (κ3) is 6.46. The second-order valence-corrected chi connectivity index (χ2v) is 5.50. The summed E-state index contributed by atoms with van der Waals surface area (Å²) in [6.07, 6.45) is 5.42. The van der Waals surface area contributed by atoms with Crippen molar-refractivity contribution in [1.82, 2.24) is 15.1 Å². The highest BCUT2D eigenvalue weighted by Gasteiger charge is 2.19. The SMILES string of the molecule is CC(CCCNC1CC1)N(C)CCN(C)C. The minimum Gasteiger partial charge on any atom is -0.314 e. The highest BCUT2D eigenvalue weighted by atomic mass is 15.2. The number of rotatable bonds is 9. The van der Waals surface area contributed by atoms with Crippen molar-refractivity contribution < 1.29 is 0 Å². The Hall–Kier alpha value is -0.120. The predicted octanol–water partition coefficient (Wildman–Crippen LogP) is 1.40. The van der Waals surface area contributed by atoms with Crippen LogP contribution in [0.15, 0.2) is 0 Å². The lowest BCUT2D eigenvalue weighted by Crippen LogP contribution is -2.35. The van der Waals surface area contributed by atoms with Crippen LogP contribution in [0.4, 0.5) is 0 Å². The van der Waals surface area contributed by atoms with Crippen LogP contribution in [0.2, 0.25) is 0 Å². The molecule has 1 rings (SSSR count). The summed E-state index contributed by atoms with van der Waals surface area (Å²) >= 11 is 0. The van der Waals surface area contributed by atoms with Gasteiger partial charge in [-0.3, -0.25) is 0 Å². The number of nitrogens with one attached hydrogen (secondary N) is 1. The first-order valence-electron chi connectivity index (χ1n) is 6.68. The molecule has 0 aromatic heterocycles. The monoisotopic (exact) mass is 227 g/mol. The van der Waals surface area contributed by atoms with E-state index in [2.05, 4.69) is 43.2 Å². The average Bonchev–Trinajstić information content (AvgIpc) is 3.04. The van der Waals surface area contributed by atoms with Crippen molar-refractivity contribution >= 4 is 0 Å². The zero-order valence-corrected chi connectivity index (χ0v) is 11.5. The van der Waals surface area contributed by atoms with Gasteiger partial charge in [0.15, 0.2) is 0 Å². The molecule has 0 radical (unpaired) electrons. The predicted molar refractivity (Wildman–Crippen MR) is 70.9 cm³/mol. The molecule has 1 aliphatic carbocycles. The van der Waals surface area contributed by atoms with E-state index in [-0.39, 0.29) is 0 Å². The molecule has 3 heteroatoms. The average molecular weight is 227 g/mol. The molecule has 0 saturated heterocycles. The van der Waals surface area contributed by atoms with Crippen LogP contribution in [0.25, 0.3) is 0 Å². The molecule has 1 N–H and O–H groups in total. The Morgan fingerprint density at radius 3 is 2.44 bits per heavy atom. The zero-order chi connectivity index (χ0) is 12.0. The second kappa shape index (κ2) is 7.25. The Bertz CT molecular complexity index is 178. The van der Waals surface area contributed by atoms with E-state index in [1.54, 1.807) is 0 Å². The minimum absolute atomic E-state index is 0.709. The molecular weight excluding hydrogens is 198 g/mol. The first-order valence-corrected chi connectivity index (χ1v) is 6.68. The minimum atomic E-state index is 0.709. The van der Waals surface area contributed by atoms with E-state index in [1.807, 2.05) is 0 Å². The van der Waals surface area contributed by atoms with Crippen LogP contribution < -0.4 is 5.32 Å². The van der Waals surface area contributed by atoms with E-state index in [4.69, 9.17) is 0 Å². The van der Waals surface area contributed by atoms with Gasteiger partial charge in [-0.05, 0) is 60.3 Å². The topological polar surface area (TPSA) is 18.5 Å². The Morgan fingerprint density at radius 2 is 1.88 bits per heavy atom. The fraction of sp³-hybridized carbons (Fsp3) is 1.00. The van der Waals surface area contributed by atoms with Gasteiger partial charge in [0.05, 0.1) is 0 Å².